The summed E-state index contributed by atoms with van der Waals surface area (Å²) in [6.45, 7) is 7.81. The number of carbonyl (C=O) groups is 1. The van der Waals surface area contributed by atoms with Gasteiger partial charge < -0.3 is 4.84 Å². The van der Waals surface area contributed by atoms with Crippen molar-refractivity contribution in [2.24, 2.45) is 17.0 Å². The molecule has 0 aliphatic carbocycles. The van der Waals surface area contributed by atoms with Gasteiger partial charge in [0.05, 0.1) is 10.8 Å². The van der Waals surface area contributed by atoms with Gasteiger partial charge in [-0.1, -0.05) is 62.2 Å². The van der Waals surface area contributed by atoms with E-state index in [0.29, 0.717) is 11.3 Å². The predicted molar refractivity (Wildman–Crippen MR) is 105 cm³/mol. The molecule has 0 aliphatic rings. The second-order valence-corrected chi connectivity index (χ2v) is 6.69. The van der Waals surface area contributed by atoms with Crippen molar-refractivity contribution in [1.82, 2.24) is 0 Å². The molecule has 0 heterocycles. The Bertz CT molecular complexity index is 826. The van der Waals surface area contributed by atoms with Crippen molar-refractivity contribution < 1.29 is 14.6 Å². The Balaban J connectivity index is 2.36. The summed E-state index contributed by atoms with van der Waals surface area (Å²) in [6, 6.07) is 13.6. The van der Waals surface area contributed by atoms with E-state index in [1.807, 2.05) is 52.0 Å². The maximum atomic E-state index is 12.3. The zero-order chi connectivity index (χ0) is 20.0. The second-order valence-electron chi connectivity index (χ2n) is 6.69. The number of nitrogens with zero attached hydrogens (tertiary/aromatic N) is 2. The van der Waals surface area contributed by atoms with Gasteiger partial charge in [0, 0.05) is 23.3 Å². The molecule has 0 saturated heterocycles. The van der Waals surface area contributed by atoms with Crippen LogP contribution in [0.4, 0.5) is 5.69 Å². The van der Waals surface area contributed by atoms with Crippen LogP contribution in [0.1, 0.15) is 43.9 Å². The third-order valence-electron chi connectivity index (χ3n) is 4.77. The number of non-ortho nitro benzene ring substituents is 1. The topological polar surface area (TPSA) is 81.8 Å². The number of hydrogen-bond donors (Lipinski definition) is 0. The zero-order valence-corrected chi connectivity index (χ0v) is 16.0. The SMILES string of the molecule is CCC(C)[C@H](C)C(=O)O/N=C(/c1ccc(C)cc1)c1ccc([N+](=O)[O-])cc1. The van der Waals surface area contributed by atoms with Crippen molar-refractivity contribution in [3.63, 3.8) is 0 Å². The number of rotatable bonds is 7. The van der Waals surface area contributed by atoms with Gasteiger partial charge in [-0.2, -0.15) is 0 Å². The van der Waals surface area contributed by atoms with Gasteiger partial charge >= 0.3 is 5.97 Å². The van der Waals surface area contributed by atoms with E-state index >= 15 is 0 Å². The van der Waals surface area contributed by atoms with Crippen LogP contribution in [-0.4, -0.2) is 16.6 Å². The summed E-state index contributed by atoms with van der Waals surface area (Å²) in [4.78, 5) is 27.9. The van der Waals surface area contributed by atoms with Gasteiger partial charge in [0.25, 0.3) is 5.69 Å². The summed E-state index contributed by atoms with van der Waals surface area (Å²) >= 11 is 0. The van der Waals surface area contributed by atoms with Crippen LogP contribution >= 0.6 is 0 Å². The molecule has 0 aromatic heterocycles. The normalized spacial score (nSPS) is 13.7. The molecule has 0 radical (unpaired) electrons. The monoisotopic (exact) mass is 368 g/mol. The molecule has 6 nitrogen and oxygen atoms in total. The summed E-state index contributed by atoms with van der Waals surface area (Å²) in [5.74, 6) is -0.472. The number of nitro groups is 1. The van der Waals surface area contributed by atoms with E-state index in [4.69, 9.17) is 4.84 Å². The average Bonchev–Trinajstić information content (AvgIpc) is 2.68. The summed E-state index contributed by atoms with van der Waals surface area (Å²) in [5.41, 5.74) is 2.93. The summed E-state index contributed by atoms with van der Waals surface area (Å²) in [5, 5.41) is 15.0. The van der Waals surface area contributed by atoms with Crippen LogP contribution in [0.15, 0.2) is 53.7 Å². The maximum Gasteiger partial charge on any atom is 0.338 e. The van der Waals surface area contributed by atoms with Crippen LogP contribution < -0.4 is 0 Å². The highest BCUT2D eigenvalue weighted by Gasteiger charge is 2.21. The van der Waals surface area contributed by atoms with Crippen LogP contribution in [0, 0.1) is 28.9 Å². The lowest BCUT2D eigenvalue weighted by Crippen LogP contribution is -2.20. The minimum atomic E-state index is -0.458. The lowest BCUT2D eigenvalue weighted by atomic mass is 9.94. The minimum absolute atomic E-state index is 0.00982. The minimum Gasteiger partial charge on any atom is -0.317 e. The van der Waals surface area contributed by atoms with Crippen LogP contribution in [0.25, 0.3) is 0 Å². The first-order valence-electron chi connectivity index (χ1n) is 8.94. The first-order valence-corrected chi connectivity index (χ1v) is 8.94. The highest BCUT2D eigenvalue weighted by atomic mass is 16.7. The van der Waals surface area contributed by atoms with Crippen molar-refractivity contribution in [2.75, 3.05) is 0 Å². The van der Waals surface area contributed by atoms with Gasteiger partial charge in [0.2, 0.25) is 0 Å². The van der Waals surface area contributed by atoms with Crippen molar-refractivity contribution >= 4 is 17.4 Å². The molecule has 0 bridgehead atoms. The largest absolute Gasteiger partial charge is 0.338 e. The smallest absolute Gasteiger partial charge is 0.317 e. The lowest BCUT2D eigenvalue weighted by molar-refractivity contribution is -0.384. The Morgan fingerprint density at radius 3 is 2.07 bits per heavy atom. The van der Waals surface area contributed by atoms with Gasteiger partial charge in [-0.05, 0) is 25.0 Å². The Morgan fingerprint density at radius 2 is 1.59 bits per heavy atom. The Kier molecular flexibility index (Phi) is 6.82. The summed E-state index contributed by atoms with van der Waals surface area (Å²) in [6.07, 6.45) is 0.868. The molecular formula is C21H24N2O4. The van der Waals surface area contributed by atoms with Gasteiger partial charge in [0.15, 0.2) is 0 Å². The van der Waals surface area contributed by atoms with E-state index in [1.165, 1.54) is 12.1 Å². The molecular weight excluding hydrogens is 344 g/mol. The van der Waals surface area contributed by atoms with Crippen LogP contribution in [0.2, 0.25) is 0 Å². The van der Waals surface area contributed by atoms with E-state index < -0.39 is 10.9 Å². The highest BCUT2D eigenvalue weighted by Crippen LogP contribution is 2.19. The molecule has 2 aromatic rings. The molecule has 2 atom stereocenters. The lowest BCUT2D eigenvalue weighted by Gasteiger charge is -2.15. The molecule has 1 unspecified atom stereocenters. The highest BCUT2D eigenvalue weighted by molar-refractivity contribution is 6.12. The van der Waals surface area contributed by atoms with Crippen molar-refractivity contribution in [3.8, 4) is 0 Å². The van der Waals surface area contributed by atoms with Gasteiger partial charge in [-0.15, -0.1) is 0 Å². The van der Waals surface area contributed by atoms with Crippen molar-refractivity contribution in [2.45, 2.75) is 34.1 Å². The maximum absolute atomic E-state index is 12.3. The van der Waals surface area contributed by atoms with Gasteiger partial charge in [-0.25, -0.2) is 4.79 Å². The molecule has 2 rings (SSSR count). The molecule has 0 aliphatic heterocycles. The van der Waals surface area contributed by atoms with Gasteiger partial charge in [-0.3, -0.25) is 10.1 Å². The second kappa shape index (κ2) is 9.07. The fraction of sp³-hybridized carbons (Fsp3) is 0.333. The fourth-order valence-electron chi connectivity index (χ4n) is 2.48. The molecule has 142 valence electrons. The molecule has 6 heteroatoms. The van der Waals surface area contributed by atoms with Crippen LogP contribution in [0.5, 0.6) is 0 Å². The van der Waals surface area contributed by atoms with Crippen molar-refractivity contribution in [3.05, 3.63) is 75.3 Å². The number of nitro benzene ring substituents is 1. The molecule has 0 amide bonds. The summed E-state index contributed by atoms with van der Waals surface area (Å²) < 4.78 is 0. The number of carbonyl (C=O) groups excluding carboxylic acids is 1. The van der Waals surface area contributed by atoms with E-state index in [1.54, 1.807) is 12.1 Å². The number of aryl methyl sites for hydroxylation is 1. The molecule has 2 aromatic carbocycles. The number of hydrogen-bond acceptors (Lipinski definition) is 5. The number of oxime groups is 1. The Morgan fingerprint density at radius 1 is 1.07 bits per heavy atom. The van der Waals surface area contributed by atoms with Crippen LogP contribution in [0.3, 0.4) is 0 Å². The molecule has 27 heavy (non-hydrogen) atoms. The quantitative estimate of drug-likeness (QED) is 0.302. The Labute approximate surface area is 159 Å². The summed E-state index contributed by atoms with van der Waals surface area (Å²) in [7, 11) is 0. The first-order chi connectivity index (χ1) is 12.8. The third-order valence-corrected chi connectivity index (χ3v) is 4.77. The zero-order valence-electron chi connectivity index (χ0n) is 16.0. The van der Waals surface area contributed by atoms with Crippen LogP contribution in [-0.2, 0) is 9.63 Å². The van der Waals surface area contributed by atoms with E-state index in [9.17, 15) is 14.9 Å². The Hall–Kier alpha value is -3.02. The third kappa shape index (κ3) is 5.23. The van der Waals surface area contributed by atoms with E-state index in [2.05, 4.69) is 5.16 Å². The molecule has 0 saturated carbocycles. The predicted octanol–water partition coefficient (Wildman–Crippen LogP) is 4.88. The van der Waals surface area contributed by atoms with Crippen molar-refractivity contribution in [1.29, 1.82) is 0 Å². The molecule has 0 spiro atoms. The van der Waals surface area contributed by atoms with E-state index in [-0.39, 0.29) is 17.5 Å². The standard InChI is InChI=1S/C21H24N2O4/c1-5-15(3)16(4)21(24)27-22-20(17-8-6-14(2)7-9-17)18-10-12-19(13-11-18)23(25)26/h6-13,15-16H,5H2,1-4H3/b22-20-/t15?,16-/m0/s1. The van der Waals surface area contributed by atoms with E-state index in [0.717, 1.165) is 17.5 Å². The first kappa shape index (κ1) is 20.3. The molecule has 0 fully saturated rings. The van der Waals surface area contributed by atoms with Gasteiger partial charge in [0.1, 0.15) is 5.71 Å². The molecule has 0 N–H and O–H groups in total. The fourth-order valence-corrected chi connectivity index (χ4v) is 2.48. The average molecular weight is 368 g/mol. The number of benzene rings is 2.